The second-order valence-corrected chi connectivity index (χ2v) is 5.44. The van der Waals surface area contributed by atoms with Gasteiger partial charge in [0.1, 0.15) is 0 Å². The van der Waals surface area contributed by atoms with Crippen LogP contribution in [0, 0.1) is 0 Å². The molecule has 1 fully saturated rings. The van der Waals surface area contributed by atoms with Crippen LogP contribution in [0.2, 0.25) is 10.0 Å². The monoisotopic (exact) mass is 272 g/mol. The summed E-state index contributed by atoms with van der Waals surface area (Å²) >= 11 is 12.1. The Morgan fingerprint density at radius 2 is 2.24 bits per heavy atom. The number of rotatable bonds is 3. The number of benzene rings is 1. The molecule has 0 spiro atoms. The van der Waals surface area contributed by atoms with Gasteiger partial charge in [0.2, 0.25) is 0 Å². The Morgan fingerprint density at radius 3 is 2.88 bits per heavy atom. The third kappa shape index (κ3) is 3.59. The van der Waals surface area contributed by atoms with E-state index >= 15 is 0 Å². The van der Waals surface area contributed by atoms with Crippen LogP contribution in [0.3, 0.4) is 0 Å². The van der Waals surface area contributed by atoms with Gasteiger partial charge in [0.15, 0.2) is 0 Å². The molecule has 1 aliphatic rings. The summed E-state index contributed by atoms with van der Waals surface area (Å²) in [6.07, 6.45) is 2.46. The van der Waals surface area contributed by atoms with Crippen LogP contribution in [0.4, 0.5) is 0 Å². The van der Waals surface area contributed by atoms with Crippen molar-refractivity contribution in [3.8, 4) is 0 Å². The predicted octanol–water partition coefficient (Wildman–Crippen LogP) is 3.40. The molecule has 1 aromatic rings. The Bertz CT molecular complexity index is 376. The summed E-state index contributed by atoms with van der Waals surface area (Å²) in [5.74, 6) is 0. The average molecular weight is 273 g/mol. The quantitative estimate of drug-likeness (QED) is 0.882. The van der Waals surface area contributed by atoms with Gasteiger partial charge in [-0.25, -0.2) is 0 Å². The molecule has 2 N–H and O–H groups in total. The van der Waals surface area contributed by atoms with Crippen molar-refractivity contribution in [3.05, 3.63) is 33.8 Å². The summed E-state index contributed by atoms with van der Waals surface area (Å²) < 4.78 is 0. The lowest BCUT2D eigenvalue weighted by atomic mass is 10.0. The van der Waals surface area contributed by atoms with E-state index in [0.717, 1.165) is 23.7 Å². The van der Waals surface area contributed by atoms with Crippen LogP contribution in [-0.4, -0.2) is 19.1 Å². The lowest BCUT2D eigenvalue weighted by Gasteiger charge is -2.28. The van der Waals surface area contributed by atoms with E-state index in [1.54, 1.807) is 6.07 Å². The highest BCUT2D eigenvalue weighted by Crippen LogP contribution is 2.26. The molecule has 1 aliphatic heterocycles. The van der Waals surface area contributed by atoms with Gasteiger partial charge in [-0.2, -0.15) is 0 Å². The Balaban J connectivity index is 2.00. The first-order chi connectivity index (χ1) is 8.16. The van der Waals surface area contributed by atoms with Crippen molar-refractivity contribution in [2.45, 2.75) is 31.8 Å². The third-order valence-corrected chi connectivity index (χ3v) is 3.77. The zero-order chi connectivity index (χ0) is 12.3. The van der Waals surface area contributed by atoms with E-state index < -0.39 is 0 Å². The van der Waals surface area contributed by atoms with Gasteiger partial charge in [-0.05, 0) is 44.0 Å². The molecular formula is C13H18Cl2N2. The molecule has 17 heavy (non-hydrogen) atoms. The predicted molar refractivity (Wildman–Crippen MR) is 73.9 cm³/mol. The first kappa shape index (κ1) is 13.2. The molecule has 2 atom stereocenters. The highest BCUT2D eigenvalue weighted by Gasteiger charge is 2.17. The fourth-order valence-corrected chi connectivity index (χ4v) is 2.86. The van der Waals surface area contributed by atoms with Gasteiger partial charge in [0.25, 0.3) is 0 Å². The summed E-state index contributed by atoms with van der Waals surface area (Å²) in [5, 5.41) is 8.43. The molecule has 0 bridgehead atoms. The molecule has 0 aliphatic carbocycles. The Hall–Kier alpha value is -0.280. The SMILES string of the molecule is CC(NC1CCCNC1)c1ccc(Cl)cc1Cl. The molecule has 1 saturated heterocycles. The molecule has 0 amide bonds. The largest absolute Gasteiger partial charge is 0.315 e. The number of halogens is 2. The zero-order valence-corrected chi connectivity index (χ0v) is 11.5. The first-order valence-electron chi connectivity index (χ1n) is 6.08. The number of piperidine rings is 1. The van der Waals surface area contributed by atoms with Crippen LogP contribution in [-0.2, 0) is 0 Å². The van der Waals surface area contributed by atoms with Gasteiger partial charge >= 0.3 is 0 Å². The van der Waals surface area contributed by atoms with Crippen molar-refractivity contribution in [3.63, 3.8) is 0 Å². The van der Waals surface area contributed by atoms with Gasteiger partial charge < -0.3 is 10.6 Å². The minimum Gasteiger partial charge on any atom is -0.315 e. The summed E-state index contributed by atoms with van der Waals surface area (Å²) in [6.45, 7) is 4.31. The van der Waals surface area contributed by atoms with Crippen LogP contribution in [0.5, 0.6) is 0 Å². The smallest absolute Gasteiger partial charge is 0.0468 e. The number of hydrogen-bond acceptors (Lipinski definition) is 2. The van der Waals surface area contributed by atoms with E-state index in [4.69, 9.17) is 23.2 Å². The Labute approximate surface area is 113 Å². The van der Waals surface area contributed by atoms with Gasteiger partial charge in [-0.3, -0.25) is 0 Å². The van der Waals surface area contributed by atoms with E-state index in [2.05, 4.69) is 17.6 Å². The van der Waals surface area contributed by atoms with E-state index in [9.17, 15) is 0 Å². The molecule has 4 heteroatoms. The second kappa shape index (κ2) is 6.05. The molecule has 1 aromatic carbocycles. The third-order valence-electron chi connectivity index (χ3n) is 3.21. The molecule has 0 radical (unpaired) electrons. The first-order valence-corrected chi connectivity index (χ1v) is 6.84. The molecule has 2 nitrogen and oxygen atoms in total. The summed E-state index contributed by atoms with van der Waals surface area (Å²) in [5.41, 5.74) is 1.11. The fourth-order valence-electron chi connectivity index (χ4n) is 2.29. The highest BCUT2D eigenvalue weighted by atomic mass is 35.5. The zero-order valence-electron chi connectivity index (χ0n) is 9.97. The van der Waals surface area contributed by atoms with Crippen LogP contribution in [0.1, 0.15) is 31.4 Å². The number of hydrogen-bond donors (Lipinski definition) is 2. The summed E-state index contributed by atoms with van der Waals surface area (Å²) in [7, 11) is 0. The standard InChI is InChI=1S/C13H18Cl2N2/c1-9(17-11-3-2-6-16-8-11)12-5-4-10(14)7-13(12)15/h4-5,7,9,11,16-17H,2-3,6,8H2,1H3. The van der Waals surface area contributed by atoms with E-state index in [0.29, 0.717) is 11.1 Å². The minimum absolute atomic E-state index is 0.254. The van der Waals surface area contributed by atoms with Crippen LogP contribution < -0.4 is 10.6 Å². The summed E-state index contributed by atoms with van der Waals surface area (Å²) in [6, 6.07) is 6.48. The van der Waals surface area contributed by atoms with Crippen molar-refractivity contribution in [2.24, 2.45) is 0 Å². The topological polar surface area (TPSA) is 24.1 Å². The van der Waals surface area contributed by atoms with E-state index in [1.165, 1.54) is 12.8 Å². The van der Waals surface area contributed by atoms with Crippen molar-refractivity contribution < 1.29 is 0 Å². The minimum atomic E-state index is 0.254. The average Bonchev–Trinajstić information content (AvgIpc) is 2.30. The molecule has 2 rings (SSSR count). The normalized spacial score (nSPS) is 22.4. The van der Waals surface area contributed by atoms with Gasteiger partial charge in [0, 0.05) is 28.7 Å². The lowest BCUT2D eigenvalue weighted by Crippen LogP contribution is -2.43. The molecule has 0 aromatic heterocycles. The Morgan fingerprint density at radius 1 is 1.41 bits per heavy atom. The fraction of sp³-hybridized carbons (Fsp3) is 0.538. The van der Waals surface area contributed by atoms with Crippen LogP contribution in [0.15, 0.2) is 18.2 Å². The van der Waals surface area contributed by atoms with Crippen molar-refractivity contribution in [1.82, 2.24) is 10.6 Å². The molecular weight excluding hydrogens is 255 g/mol. The summed E-state index contributed by atoms with van der Waals surface area (Å²) in [4.78, 5) is 0. The Kier molecular flexibility index (Phi) is 4.69. The molecule has 0 saturated carbocycles. The molecule has 94 valence electrons. The maximum Gasteiger partial charge on any atom is 0.0468 e. The maximum atomic E-state index is 6.20. The van der Waals surface area contributed by atoms with Crippen LogP contribution in [0.25, 0.3) is 0 Å². The van der Waals surface area contributed by atoms with Crippen molar-refractivity contribution in [2.75, 3.05) is 13.1 Å². The second-order valence-electron chi connectivity index (χ2n) is 4.60. The lowest BCUT2D eigenvalue weighted by molar-refractivity contribution is 0.362. The number of nitrogens with one attached hydrogen (secondary N) is 2. The molecule has 2 unspecified atom stereocenters. The van der Waals surface area contributed by atoms with Gasteiger partial charge in [-0.15, -0.1) is 0 Å². The van der Waals surface area contributed by atoms with Crippen LogP contribution >= 0.6 is 23.2 Å². The van der Waals surface area contributed by atoms with Crippen molar-refractivity contribution in [1.29, 1.82) is 0 Å². The van der Waals surface area contributed by atoms with Crippen molar-refractivity contribution >= 4 is 23.2 Å². The molecule has 1 heterocycles. The van der Waals surface area contributed by atoms with Gasteiger partial charge in [-0.1, -0.05) is 29.3 Å². The van der Waals surface area contributed by atoms with Gasteiger partial charge in [0.05, 0.1) is 0 Å². The highest BCUT2D eigenvalue weighted by molar-refractivity contribution is 6.35. The maximum absolute atomic E-state index is 6.20. The van der Waals surface area contributed by atoms with E-state index in [-0.39, 0.29) is 6.04 Å². The van der Waals surface area contributed by atoms with E-state index in [1.807, 2.05) is 12.1 Å².